The van der Waals surface area contributed by atoms with Crippen LogP contribution in [0.4, 0.5) is 0 Å². The quantitative estimate of drug-likeness (QED) is 0.918. The summed E-state index contributed by atoms with van der Waals surface area (Å²) in [6, 6.07) is 2.64. The summed E-state index contributed by atoms with van der Waals surface area (Å²) in [5, 5.41) is 2.13. The van der Waals surface area contributed by atoms with Gasteiger partial charge in [0.15, 0.2) is 0 Å². The maximum atomic E-state index is 12.5. The Morgan fingerprint density at radius 1 is 1.52 bits per heavy atom. The molecule has 21 heavy (non-hydrogen) atoms. The normalized spacial score (nSPS) is 25.5. The second-order valence-electron chi connectivity index (χ2n) is 6.05. The van der Waals surface area contributed by atoms with Crippen LogP contribution >= 0.6 is 23.7 Å². The van der Waals surface area contributed by atoms with Crippen LogP contribution in [0.3, 0.4) is 0 Å². The van der Waals surface area contributed by atoms with Gasteiger partial charge in [0.2, 0.25) is 5.91 Å². The Morgan fingerprint density at radius 2 is 2.33 bits per heavy atom. The molecule has 1 saturated heterocycles. The zero-order valence-electron chi connectivity index (χ0n) is 12.5. The topological polar surface area (TPSA) is 49.6 Å². The molecule has 3 heterocycles. The van der Waals surface area contributed by atoms with Crippen molar-refractivity contribution in [3.63, 3.8) is 0 Å². The third kappa shape index (κ3) is 3.59. The first-order valence-electron chi connectivity index (χ1n) is 7.44. The predicted molar refractivity (Wildman–Crippen MR) is 88.9 cm³/mol. The number of carbonyl (C=O) groups is 1. The minimum absolute atomic E-state index is 0. The molecule has 2 atom stereocenters. The summed E-state index contributed by atoms with van der Waals surface area (Å²) in [6.45, 7) is 6.13. The number of rotatable bonds is 3. The molecule has 0 radical (unpaired) electrons. The smallest absolute Gasteiger partial charge is 0.237 e. The number of hydrogen-bond donors (Lipinski definition) is 1. The molecule has 0 spiro atoms. The van der Waals surface area contributed by atoms with Gasteiger partial charge in [0.25, 0.3) is 0 Å². The molecule has 0 saturated carbocycles. The second-order valence-corrected chi connectivity index (χ2v) is 7.05. The number of thiophene rings is 1. The van der Waals surface area contributed by atoms with E-state index in [9.17, 15) is 4.79 Å². The fourth-order valence-electron chi connectivity index (χ4n) is 3.34. The molecule has 0 aliphatic carbocycles. The van der Waals surface area contributed by atoms with Gasteiger partial charge in [0.1, 0.15) is 0 Å². The Balaban J connectivity index is 0.00000161. The van der Waals surface area contributed by atoms with E-state index in [0.717, 1.165) is 39.0 Å². The molecule has 2 unspecified atom stereocenters. The van der Waals surface area contributed by atoms with E-state index in [1.54, 1.807) is 0 Å². The fourth-order valence-corrected chi connectivity index (χ4v) is 4.23. The SMILES string of the molecule is CC1CC(CN)CN1CC(=O)N1CCc2sccc2C1.Cl. The zero-order chi connectivity index (χ0) is 14.1. The van der Waals surface area contributed by atoms with E-state index in [-0.39, 0.29) is 18.3 Å². The van der Waals surface area contributed by atoms with Crippen molar-refractivity contribution in [1.82, 2.24) is 9.80 Å². The Labute approximate surface area is 136 Å². The van der Waals surface area contributed by atoms with Crippen LogP contribution in [0.5, 0.6) is 0 Å². The number of nitrogens with two attached hydrogens (primary N) is 1. The number of carbonyl (C=O) groups excluding carboxylic acids is 1. The van der Waals surface area contributed by atoms with Gasteiger partial charge in [0.05, 0.1) is 6.54 Å². The van der Waals surface area contributed by atoms with Crippen LogP contribution in [0.2, 0.25) is 0 Å². The molecule has 0 bridgehead atoms. The Morgan fingerprint density at radius 3 is 3.05 bits per heavy atom. The fraction of sp³-hybridized carbons (Fsp3) is 0.667. The van der Waals surface area contributed by atoms with Gasteiger partial charge in [-0.1, -0.05) is 0 Å². The molecule has 6 heteroatoms. The molecule has 0 aromatic carbocycles. The van der Waals surface area contributed by atoms with Gasteiger partial charge in [-0.3, -0.25) is 9.69 Å². The molecule has 3 rings (SSSR count). The van der Waals surface area contributed by atoms with Crippen LogP contribution in [0.25, 0.3) is 0 Å². The van der Waals surface area contributed by atoms with Gasteiger partial charge in [-0.05, 0) is 49.2 Å². The Kier molecular flexibility index (Phi) is 5.66. The van der Waals surface area contributed by atoms with Crippen molar-refractivity contribution in [2.24, 2.45) is 11.7 Å². The first kappa shape index (κ1) is 16.7. The summed E-state index contributed by atoms with van der Waals surface area (Å²) in [5.74, 6) is 0.828. The lowest BCUT2D eigenvalue weighted by Gasteiger charge is -2.30. The summed E-state index contributed by atoms with van der Waals surface area (Å²) in [6.07, 6.45) is 2.14. The van der Waals surface area contributed by atoms with Crippen molar-refractivity contribution in [3.05, 3.63) is 21.9 Å². The van der Waals surface area contributed by atoms with Crippen molar-refractivity contribution in [1.29, 1.82) is 0 Å². The van der Waals surface area contributed by atoms with E-state index in [1.807, 2.05) is 16.2 Å². The monoisotopic (exact) mass is 329 g/mol. The summed E-state index contributed by atoms with van der Waals surface area (Å²) in [5.41, 5.74) is 7.09. The molecule has 1 aromatic rings. The van der Waals surface area contributed by atoms with E-state index in [2.05, 4.69) is 23.3 Å². The van der Waals surface area contributed by atoms with E-state index in [0.29, 0.717) is 18.5 Å². The molecule has 2 N–H and O–H groups in total. The zero-order valence-corrected chi connectivity index (χ0v) is 14.1. The number of fused-ring (bicyclic) bond motifs is 1. The maximum Gasteiger partial charge on any atom is 0.237 e. The molecule has 1 aromatic heterocycles. The molecule has 1 amide bonds. The van der Waals surface area contributed by atoms with Crippen LogP contribution in [0.15, 0.2) is 11.4 Å². The van der Waals surface area contributed by atoms with E-state index < -0.39 is 0 Å². The van der Waals surface area contributed by atoms with Gasteiger partial charge in [-0.2, -0.15) is 0 Å². The van der Waals surface area contributed by atoms with Crippen LogP contribution in [0, 0.1) is 5.92 Å². The Hall–Kier alpha value is -0.620. The van der Waals surface area contributed by atoms with Crippen LogP contribution in [-0.2, 0) is 17.8 Å². The van der Waals surface area contributed by atoms with Crippen LogP contribution < -0.4 is 5.73 Å². The average Bonchev–Trinajstić information content (AvgIpc) is 3.04. The first-order valence-corrected chi connectivity index (χ1v) is 8.32. The highest BCUT2D eigenvalue weighted by molar-refractivity contribution is 7.10. The minimum Gasteiger partial charge on any atom is -0.337 e. The minimum atomic E-state index is 0. The Bertz CT molecular complexity index is 493. The van der Waals surface area contributed by atoms with Gasteiger partial charge in [-0.15, -0.1) is 23.7 Å². The number of amides is 1. The molecular formula is C15H24ClN3OS. The summed E-state index contributed by atoms with van der Waals surface area (Å²) < 4.78 is 0. The van der Waals surface area contributed by atoms with Crippen molar-refractivity contribution >= 4 is 29.7 Å². The molecule has 118 valence electrons. The lowest BCUT2D eigenvalue weighted by atomic mass is 10.1. The van der Waals surface area contributed by atoms with E-state index in [4.69, 9.17) is 5.73 Å². The lowest BCUT2D eigenvalue weighted by Crippen LogP contribution is -2.43. The van der Waals surface area contributed by atoms with E-state index in [1.165, 1.54) is 10.4 Å². The van der Waals surface area contributed by atoms with Gasteiger partial charge in [-0.25, -0.2) is 0 Å². The van der Waals surface area contributed by atoms with Crippen molar-refractivity contribution in [3.8, 4) is 0 Å². The molecule has 2 aliphatic heterocycles. The third-order valence-corrected chi connectivity index (χ3v) is 5.65. The molecule has 2 aliphatic rings. The van der Waals surface area contributed by atoms with Gasteiger partial charge >= 0.3 is 0 Å². The number of nitrogens with zero attached hydrogens (tertiary/aromatic N) is 2. The summed E-state index contributed by atoms with van der Waals surface area (Å²) >= 11 is 1.81. The van der Waals surface area contributed by atoms with Crippen molar-refractivity contribution in [2.45, 2.75) is 32.4 Å². The third-order valence-electron chi connectivity index (χ3n) is 4.62. The van der Waals surface area contributed by atoms with E-state index >= 15 is 0 Å². The summed E-state index contributed by atoms with van der Waals surface area (Å²) in [7, 11) is 0. The summed E-state index contributed by atoms with van der Waals surface area (Å²) in [4.78, 5) is 18.2. The lowest BCUT2D eigenvalue weighted by molar-refractivity contribution is -0.133. The molecular weight excluding hydrogens is 306 g/mol. The van der Waals surface area contributed by atoms with Gasteiger partial charge in [0, 0.05) is 30.6 Å². The number of hydrogen-bond acceptors (Lipinski definition) is 4. The van der Waals surface area contributed by atoms with Crippen molar-refractivity contribution < 1.29 is 4.79 Å². The maximum absolute atomic E-state index is 12.5. The van der Waals surface area contributed by atoms with Crippen LogP contribution in [-0.4, -0.2) is 47.9 Å². The first-order chi connectivity index (χ1) is 9.67. The molecule has 4 nitrogen and oxygen atoms in total. The number of likely N-dealkylation sites (tertiary alicyclic amines) is 1. The largest absolute Gasteiger partial charge is 0.337 e. The van der Waals surface area contributed by atoms with Crippen LogP contribution in [0.1, 0.15) is 23.8 Å². The second kappa shape index (κ2) is 7.09. The highest BCUT2D eigenvalue weighted by Gasteiger charge is 2.31. The van der Waals surface area contributed by atoms with Gasteiger partial charge < -0.3 is 10.6 Å². The average molecular weight is 330 g/mol. The standard InChI is InChI=1S/C15H23N3OS.ClH/c1-11-6-12(7-16)8-18(11)10-15(19)17-4-2-14-13(9-17)3-5-20-14;/h3,5,11-12H,2,4,6-10,16H2,1H3;1H. The predicted octanol–water partition coefficient (Wildman–Crippen LogP) is 1.72. The number of halogens is 1. The highest BCUT2D eigenvalue weighted by Crippen LogP contribution is 2.25. The molecule has 1 fully saturated rings. The highest BCUT2D eigenvalue weighted by atomic mass is 35.5. The van der Waals surface area contributed by atoms with Crippen molar-refractivity contribution in [2.75, 3.05) is 26.2 Å².